The van der Waals surface area contributed by atoms with Crippen LogP contribution in [-0.2, 0) is 0 Å². The second-order valence-electron chi connectivity index (χ2n) is 3.51. The fourth-order valence-electron chi connectivity index (χ4n) is 1.78. The molecule has 3 heterocycles. The van der Waals surface area contributed by atoms with Crippen LogP contribution in [0.3, 0.4) is 0 Å². The molecule has 78 valence electrons. The monoisotopic (exact) mass is 210 g/mol. The Morgan fingerprint density at radius 3 is 2.88 bits per heavy atom. The van der Waals surface area contributed by atoms with Gasteiger partial charge in [-0.2, -0.15) is 0 Å². The molecule has 0 bridgehead atoms. The average molecular weight is 210 g/mol. The van der Waals surface area contributed by atoms with Gasteiger partial charge in [0.25, 0.3) is 0 Å². The molecule has 2 N–H and O–H groups in total. The number of aromatic nitrogens is 3. The van der Waals surface area contributed by atoms with E-state index < -0.39 is 0 Å². The Hall–Kier alpha value is -2.36. The lowest BCUT2D eigenvalue weighted by Gasteiger charge is -2.02. The molecular formula is C12H10N4. The zero-order valence-corrected chi connectivity index (χ0v) is 8.54. The van der Waals surface area contributed by atoms with E-state index in [0.29, 0.717) is 5.95 Å². The standard InChI is InChI=1S/C12H10N4/c13-12-14-7-6-10(15-12)11-5-4-9-3-1-2-8-16(9)11/h1-8H,(H2,13,14,15). The summed E-state index contributed by atoms with van der Waals surface area (Å²) in [7, 11) is 0. The predicted octanol–water partition coefficient (Wildman–Crippen LogP) is 1.98. The molecule has 4 nitrogen and oxygen atoms in total. The highest BCUT2D eigenvalue weighted by molar-refractivity contribution is 5.64. The number of pyridine rings is 1. The van der Waals surface area contributed by atoms with Gasteiger partial charge in [0.15, 0.2) is 0 Å². The fourth-order valence-corrected chi connectivity index (χ4v) is 1.78. The lowest BCUT2D eigenvalue weighted by Crippen LogP contribution is -1.96. The van der Waals surface area contributed by atoms with E-state index in [4.69, 9.17) is 5.73 Å². The molecule has 0 spiro atoms. The summed E-state index contributed by atoms with van der Waals surface area (Å²) in [5.41, 5.74) is 8.56. The number of nitrogens with zero attached hydrogens (tertiary/aromatic N) is 3. The molecule has 0 aliphatic rings. The van der Waals surface area contributed by atoms with E-state index in [1.807, 2.05) is 42.6 Å². The molecule has 3 rings (SSSR count). The topological polar surface area (TPSA) is 56.2 Å². The highest BCUT2D eigenvalue weighted by Crippen LogP contribution is 2.20. The van der Waals surface area contributed by atoms with Crippen molar-refractivity contribution < 1.29 is 0 Å². The van der Waals surface area contributed by atoms with Crippen molar-refractivity contribution >= 4 is 11.5 Å². The molecule has 0 saturated heterocycles. The number of anilines is 1. The number of fused-ring (bicyclic) bond motifs is 1. The minimum atomic E-state index is 0.295. The predicted molar refractivity (Wildman–Crippen MR) is 62.8 cm³/mol. The van der Waals surface area contributed by atoms with E-state index in [1.165, 1.54) is 0 Å². The minimum absolute atomic E-state index is 0.295. The molecule has 0 aliphatic heterocycles. The van der Waals surface area contributed by atoms with Gasteiger partial charge in [-0.1, -0.05) is 6.07 Å². The number of hydrogen-bond acceptors (Lipinski definition) is 3. The Labute approximate surface area is 92.4 Å². The van der Waals surface area contributed by atoms with Crippen LogP contribution in [0.2, 0.25) is 0 Å². The van der Waals surface area contributed by atoms with Gasteiger partial charge in [-0.3, -0.25) is 0 Å². The van der Waals surface area contributed by atoms with Gasteiger partial charge in [0.2, 0.25) is 5.95 Å². The van der Waals surface area contributed by atoms with Gasteiger partial charge in [0.05, 0.1) is 11.4 Å². The van der Waals surface area contributed by atoms with Crippen LogP contribution in [0, 0.1) is 0 Å². The molecular weight excluding hydrogens is 200 g/mol. The van der Waals surface area contributed by atoms with Crippen LogP contribution in [0.5, 0.6) is 0 Å². The van der Waals surface area contributed by atoms with E-state index in [9.17, 15) is 0 Å². The summed E-state index contributed by atoms with van der Waals surface area (Å²) in [6.45, 7) is 0. The van der Waals surface area contributed by atoms with Crippen molar-refractivity contribution in [3.05, 3.63) is 48.8 Å². The first-order valence-electron chi connectivity index (χ1n) is 4.99. The third-order valence-corrected chi connectivity index (χ3v) is 2.50. The molecule has 4 heteroatoms. The normalized spacial score (nSPS) is 10.8. The minimum Gasteiger partial charge on any atom is -0.368 e. The molecule has 3 aromatic rings. The van der Waals surface area contributed by atoms with Crippen LogP contribution in [0.4, 0.5) is 5.95 Å². The number of nitrogen functional groups attached to an aromatic ring is 1. The molecule has 16 heavy (non-hydrogen) atoms. The van der Waals surface area contributed by atoms with E-state index in [1.54, 1.807) is 6.20 Å². The molecule has 0 aromatic carbocycles. The smallest absolute Gasteiger partial charge is 0.220 e. The van der Waals surface area contributed by atoms with Crippen LogP contribution in [0.25, 0.3) is 16.9 Å². The van der Waals surface area contributed by atoms with E-state index in [0.717, 1.165) is 16.9 Å². The Morgan fingerprint density at radius 1 is 1.06 bits per heavy atom. The van der Waals surface area contributed by atoms with E-state index >= 15 is 0 Å². The summed E-state index contributed by atoms with van der Waals surface area (Å²) < 4.78 is 2.07. The maximum absolute atomic E-state index is 5.58. The number of hydrogen-bond donors (Lipinski definition) is 1. The summed E-state index contributed by atoms with van der Waals surface area (Å²) >= 11 is 0. The van der Waals surface area contributed by atoms with Crippen molar-refractivity contribution in [3.63, 3.8) is 0 Å². The van der Waals surface area contributed by atoms with Crippen molar-refractivity contribution in [3.8, 4) is 11.4 Å². The Kier molecular flexibility index (Phi) is 1.86. The van der Waals surface area contributed by atoms with Gasteiger partial charge in [0.1, 0.15) is 0 Å². The van der Waals surface area contributed by atoms with Crippen molar-refractivity contribution in [2.75, 3.05) is 5.73 Å². The van der Waals surface area contributed by atoms with Gasteiger partial charge >= 0.3 is 0 Å². The third kappa shape index (κ3) is 1.32. The largest absolute Gasteiger partial charge is 0.368 e. The quantitative estimate of drug-likeness (QED) is 0.668. The van der Waals surface area contributed by atoms with Gasteiger partial charge < -0.3 is 10.1 Å². The van der Waals surface area contributed by atoms with Crippen molar-refractivity contribution in [2.24, 2.45) is 0 Å². The van der Waals surface area contributed by atoms with Gasteiger partial charge in [0, 0.05) is 17.9 Å². The van der Waals surface area contributed by atoms with E-state index in [-0.39, 0.29) is 0 Å². The highest BCUT2D eigenvalue weighted by Gasteiger charge is 2.05. The van der Waals surface area contributed by atoms with Gasteiger partial charge in [-0.05, 0) is 30.3 Å². The Balaban J connectivity index is 2.26. The second kappa shape index (κ2) is 3.34. The maximum Gasteiger partial charge on any atom is 0.220 e. The lowest BCUT2D eigenvalue weighted by atomic mass is 10.3. The Morgan fingerprint density at radius 2 is 2.00 bits per heavy atom. The Bertz CT molecular complexity index is 642. The summed E-state index contributed by atoms with van der Waals surface area (Å²) in [5.74, 6) is 0.295. The summed E-state index contributed by atoms with van der Waals surface area (Å²) in [5, 5.41) is 0. The number of rotatable bonds is 1. The first-order chi connectivity index (χ1) is 7.84. The molecule has 0 unspecified atom stereocenters. The second-order valence-corrected chi connectivity index (χ2v) is 3.51. The summed E-state index contributed by atoms with van der Waals surface area (Å²) in [4.78, 5) is 8.10. The molecule has 0 aliphatic carbocycles. The zero-order chi connectivity index (χ0) is 11.0. The van der Waals surface area contributed by atoms with E-state index in [2.05, 4.69) is 14.4 Å². The first-order valence-corrected chi connectivity index (χ1v) is 4.99. The summed E-state index contributed by atoms with van der Waals surface area (Å²) in [6, 6.07) is 12.0. The fraction of sp³-hybridized carbons (Fsp3) is 0. The molecule has 0 radical (unpaired) electrons. The average Bonchev–Trinajstić information content (AvgIpc) is 2.72. The van der Waals surface area contributed by atoms with Gasteiger partial charge in [-0.25, -0.2) is 9.97 Å². The SMILES string of the molecule is Nc1nccc(-c2ccc3ccccn23)n1. The number of nitrogens with two attached hydrogens (primary N) is 1. The molecule has 0 amide bonds. The zero-order valence-electron chi connectivity index (χ0n) is 8.54. The van der Waals surface area contributed by atoms with Crippen LogP contribution in [0.15, 0.2) is 48.8 Å². The lowest BCUT2D eigenvalue weighted by molar-refractivity contribution is 1.14. The third-order valence-electron chi connectivity index (χ3n) is 2.50. The first kappa shape index (κ1) is 8.91. The molecule has 0 saturated carbocycles. The summed E-state index contributed by atoms with van der Waals surface area (Å²) in [6.07, 6.45) is 3.67. The van der Waals surface area contributed by atoms with Crippen LogP contribution in [-0.4, -0.2) is 14.4 Å². The molecule has 3 aromatic heterocycles. The van der Waals surface area contributed by atoms with Crippen molar-refractivity contribution in [1.82, 2.24) is 14.4 Å². The molecule has 0 atom stereocenters. The maximum atomic E-state index is 5.58. The highest BCUT2D eigenvalue weighted by atomic mass is 15.0. The van der Waals surface area contributed by atoms with Crippen molar-refractivity contribution in [2.45, 2.75) is 0 Å². The van der Waals surface area contributed by atoms with Crippen LogP contribution < -0.4 is 5.73 Å². The van der Waals surface area contributed by atoms with Crippen molar-refractivity contribution in [1.29, 1.82) is 0 Å². The van der Waals surface area contributed by atoms with Crippen LogP contribution in [0.1, 0.15) is 0 Å². The molecule has 0 fully saturated rings. The van der Waals surface area contributed by atoms with Crippen LogP contribution >= 0.6 is 0 Å². The van der Waals surface area contributed by atoms with Gasteiger partial charge in [-0.15, -0.1) is 0 Å².